The van der Waals surface area contributed by atoms with Gasteiger partial charge in [0.2, 0.25) is 0 Å². The predicted molar refractivity (Wildman–Crippen MR) is 120 cm³/mol. The third-order valence-corrected chi connectivity index (χ3v) is 6.22. The maximum atomic E-state index is 6.16. The molecule has 1 saturated heterocycles. The number of fused-ring (bicyclic) bond motifs is 1. The van der Waals surface area contributed by atoms with E-state index in [2.05, 4.69) is 34.1 Å². The van der Waals surface area contributed by atoms with E-state index in [9.17, 15) is 0 Å². The van der Waals surface area contributed by atoms with Crippen LogP contribution in [0.15, 0.2) is 48.5 Å². The van der Waals surface area contributed by atoms with Crippen molar-refractivity contribution in [1.82, 2.24) is 9.27 Å². The Labute approximate surface area is 170 Å². The molecule has 0 radical (unpaired) electrons. The van der Waals surface area contributed by atoms with Crippen molar-refractivity contribution in [3.8, 4) is 0 Å². The normalized spacial score (nSPS) is 15.2. The molecule has 1 fully saturated rings. The number of aromatic nitrogens is 1. The average molecular weight is 397 g/mol. The molecule has 0 unspecified atom stereocenters. The Morgan fingerprint density at radius 2 is 1.71 bits per heavy atom. The van der Waals surface area contributed by atoms with Crippen LogP contribution in [-0.2, 0) is 0 Å². The molecule has 4 N–H and O–H groups in total. The van der Waals surface area contributed by atoms with Gasteiger partial charge in [-0.25, -0.2) is 5.84 Å². The van der Waals surface area contributed by atoms with Crippen molar-refractivity contribution in [2.75, 3.05) is 54.9 Å². The quantitative estimate of drug-likeness (QED) is 0.277. The third-order valence-electron chi connectivity index (χ3n) is 5.40. The Balaban J connectivity index is 1.20. The fraction of sp³-hybridized carbons (Fsp3) is 0.381. The van der Waals surface area contributed by atoms with Crippen molar-refractivity contribution >= 4 is 38.8 Å². The average Bonchev–Trinajstić information content (AvgIpc) is 3.16. The first-order chi connectivity index (χ1) is 13.7. The van der Waals surface area contributed by atoms with Crippen molar-refractivity contribution in [1.29, 1.82) is 0 Å². The molecule has 2 aromatic carbocycles. The molecule has 7 heteroatoms. The minimum absolute atomic E-state index is 0.732. The lowest BCUT2D eigenvalue weighted by Gasteiger charge is -2.35. The van der Waals surface area contributed by atoms with E-state index in [1.165, 1.54) is 10.1 Å². The first kappa shape index (κ1) is 19.0. The van der Waals surface area contributed by atoms with Gasteiger partial charge in [-0.1, -0.05) is 24.3 Å². The topological polar surface area (TPSA) is 74.7 Å². The molecule has 6 nitrogen and oxygen atoms in total. The van der Waals surface area contributed by atoms with Crippen LogP contribution in [0.5, 0.6) is 0 Å². The number of hydrogen-bond donors (Lipinski definition) is 2. The Kier molecular flexibility index (Phi) is 5.95. The van der Waals surface area contributed by atoms with E-state index < -0.39 is 0 Å². The maximum Gasteiger partial charge on any atom is 0.150 e. The highest BCUT2D eigenvalue weighted by molar-refractivity contribution is 7.13. The summed E-state index contributed by atoms with van der Waals surface area (Å²) in [6.45, 7) is 6.19. The van der Waals surface area contributed by atoms with Gasteiger partial charge in [0.1, 0.15) is 5.82 Å². The van der Waals surface area contributed by atoms with Gasteiger partial charge in [-0.3, -0.25) is 4.90 Å². The summed E-state index contributed by atoms with van der Waals surface area (Å²) in [5, 5.41) is 3.05. The van der Waals surface area contributed by atoms with Crippen LogP contribution in [0.4, 0.5) is 17.2 Å². The molecule has 0 spiro atoms. The number of hydrazine groups is 1. The van der Waals surface area contributed by atoms with Gasteiger partial charge in [0.15, 0.2) is 0 Å². The van der Waals surface area contributed by atoms with Crippen LogP contribution in [0.1, 0.15) is 12.8 Å². The fourth-order valence-electron chi connectivity index (χ4n) is 3.77. The van der Waals surface area contributed by atoms with Crippen LogP contribution in [0.2, 0.25) is 0 Å². The lowest BCUT2D eigenvalue weighted by atomic mass is 10.2. The zero-order valence-electron chi connectivity index (χ0n) is 16.1. The largest absolute Gasteiger partial charge is 0.397 e. The van der Waals surface area contributed by atoms with Gasteiger partial charge in [0, 0.05) is 38.1 Å². The summed E-state index contributed by atoms with van der Waals surface area (Å²) in [4.78, 5) is 4.97. The van der Waals surface area contributed by atoms with E-state index >= 15 is 0 Å². The number of anilines is 3. The molecular weight excluding hydrogens is 368 g/mol. The van der Waals surface area contributed by atoms with Gasteiger partial charge in [-0.05, 0) is 55.2 Å². The molecule has 2 heterocycles. The molecule has 148 valence electrons. The van der Waals surface area contributed by atoms with Gasteiger partial charge in [-0.2, -0.15) is 4.37 Å². The number of piperazine rings is 1. The van der Waals surface area contributed by atoms with Crippen molar-refractivity contribution in [2.24, 2.45) is 5.84 Å². The number of para-hydroxylation sites is 2. The highest BCUT2D eigenvalue weighted by Gasteiger charge is 2.20. The zero-order chi connectivity index (χ0) is 19.3. The molecule has 0 aliphatic carbocycles. The summed E-state index contributed by atoms with van der Waals surface area (Å²) in [6, 6.07) is 16.3. The standard InChI is InChI=1S/C21H28N6S/c22-18-8-2-3-9-19(18)27(23)12-6-5-11-25-13-15-26(16-14-25)21-17-7-1-4-10-20(17)28-24-21/h1-4,7-10H,5-6,11-16,22-23H2. The predicted octanol–water partition coefficient (Wildman–Crippen LogP) is 3.16. The van der Waals surface area contributed by atoms with E-state index in [-0.39, 0.29) is 0 Å². The highest BCUT2D eigenvalue weighted by atomic mass is 32.1. The molecule has 1 aliphatic heterocycles. The van der Waals surface area contributed by atoms with E-state index in [1.54, 1.807) is 16.5 Å². The molecule has 0 amide bonds. The van der Waals surface area contributed by atoms with E-state index in [1.807, 2.05) is 24.3 Å². The van der Waals surface area contributed by atoms with E-state index in [0.717, 1.165) is 69.3 Å². The van der Waals surface area contributed by atoms with Crippen LogP contribution in [-0.4, -0.2) is 48.5 Å². The molecule has 0 bridgehead atoms. The lowest BCUT2D eigenvalue weighted by molar-refractivity contribution is 0.253. The summed E-state index contributed by atoms with van der Waals surface area (Å²) in [7, 11) is 0. The van der Waals surface area contributed by atoms with Crippen LogP contribution in [0, 0.1) is 0 Å². The van der Waals surface area contributed by atoms with Gasteiger partial charge in [-0.15, -0.1) is 0 Å². The van der Waals surface area contributed by atoms with Gasteiger partial charge in [0.05, 0.1) is 16.1 Å². The highest BCUT2D eigenvalue weighted by Crippen LogP contribution is 2.29. The Morgan fingerprint density at radius 1 is 0.964 bits per heavy atom. The summed E-state index contributed by atoms with van der Waals surface area (Å²) in [5.41, 5.74) is 7.63. The lowest BCUT2D eigenvalue weighted by Crippen LogP contribution is -2.46. The summed E-state index contributed by atoms with van der Waals surface area (Å²) < 4.78 is 5.96. The SMILES string of the molecule is Nc1ccccc1N(N)CCCCN1CCN(c2nsc3ccccc23)CC1. The van der Waals surface area contributed by atoms with E-state index in [0.29, 0.717) is 0 Å². The number of unbranched alkanes of at least 4 members (excludes halogenated alkanes) is 1. The van der Waals surface area contributed by atoms with Gasteiger partial charge < -0.3 is 15.6 Å². The Morgan fingerprint density at radius 3 is 2.54 bits per heavy atom. The number of nitrogen functional groups attached to an aromatic ring is 1. The van der Waals surface area contributed by atoms with Gasteiger partial charge in [0.25, 0.3) is 0 Å². The molecule has 0 saturated carbocycles. The smallest absolute Gasteiger partial charge is 0.150 e. The van der Waals surface area contributed by atoms with Crippen LogP contribution in [0.25, 0.3) is 10.1 Å². The summed E-state index contributed by atoms with van der Waals surface area (Å²) in [6.07, 6.45) is 2.20. The first-order valence-electron chi connectivity index (χ1n) is 9.91. The molecule has 1 aromatic heterocycles. The Bertz CT molecular complexity index is 903. The monoisotopic (exact) mass is 396 g/mol. The molecule has 28 heavy (non-hydrogen) atoms. The number of hydrogen-bond acceptors (Lipinski definition) is 7. The van der Waals surface area contributed by atoms with Crippen molar-refractivity contribution < 1.29 is 0 Å². The molecule has 4 rings (SSSR count). The van der Waals surface area contributed by atoms with Crippen LogP contribution in [0.3, 0.4) is 0 Å². The first-order valence-corrected chi connectivity index (χ1v) is 10.7. The number of nitrogens with zero attached hydrogens (tertiary/aromatic N) is 4. The second-order valence-electron chi connectivity index (χ2n) is 7.29. The number of benzene rings is 2. The number of rotatable bonds is 7. The molecule has 0 atom stereocenters. The Hall–Kier alpha value is -2.35. The van der Waals surface area contributed by atoms with Crippen LogP contribution < -0.4 is 21.5 Å². The second kappa shape index (κ2) is 8.77. The van der Waals surface area contributed by atoms with Gasteiger partial charge >= 0.3 is 0 Å². The molecule has 1 aliphatic rings. The van der Waals surface area contributed by atoms with Crippen molar-refractivity contribution in [2.45, 2.75) is 12.8 Å². The van der Waals surface area contributed by atoms with Crippen molar-refractivity contribution in [3.63, 3.8) is 0 Å². The van der Waals surface area contributed by atoms with Crippen LogP contribution >= 0.6 is 11.5 Å². The minimum atomic E-state index is 0.732. The third kappa shape index (κ3) is 4.22. The zero-order valence-corrected chi connectivity index (χ0v) is 16.9. The number of nitrogens with two attached hydrogens (primary N) is 2. The minimum Gasteiger partial charge on any atom is -0.397 e. The summed E-state index contributed by atoms with van der Waals surface area (Å²) >= 11 is 1.60. The fourth-order valence-corrected chi connectivity index (χ4v) is 4.57. The summed E-state index contributed by atoms with van der Waals surface area (Å²) in [5.74, 6) is 7.31. The molecule has 3 aromatic rings. The molecular formula is C21H28N6S. The van der Waals surface area contributed by atoms with Crippen molar-refractivity contribution in [3.05, 3.63) is 48.5 Å². The maximum absolute atomic E-state index is 6.16. The van der Waals surface area contributed by atoms with E-state index in [4.69, 9.17) is 15.9 Å². The second-order valence-corrected chi connectivity index (χ2v) is 8.10.